The van der Waals surface area contributed by atoms with E-state index in [-0.39, 0.29) is 17.1 Å². The minimum atomic E-state index is -0.279. The molecule has 1 aromatic heterocycles. The molecule has 1 aromatic carbocycles. The zero-order valence-corrected chi connectivity index (χ0v) is 12.7. The Kier molecular flexibility index (Phi) is 5.31. The van der Waals surface area contributed by atoms with Crippen LogP contribution in [0.3, 0.4) is 0 Å². The number of carbonyl (C=O) groups is 1. The first kappa shape index (κ1) is 15.8. The van der Waals surface area contributed by atoms with Gasteiger partial charge in [0.15, 0.2) is 5.78 Å². The Bertz CT molecular complexity index is 663. The van der Waals surface area contributed by atoms with Crippen LogP contribution in [0.4, 0.5) is 0 Å². The molecule has 0 aliphatic rings. The SMILES string of the molecule is CC(C)COc1ccc(C(=O)/C=C/c2ccccn2)c(O)c1. The molecular formula is C18H19NO3. The number of carbonyl (C=O) groups excluding carboxylic acids is 1. The summed E-state index contributed by atoms with van der Waals surface area (Å²) in [4.78, 5) is 16.2. The van der Waals surface area contributed by atoms with Crippen molar-refractivity contribution < 1.29 is 14.6 Å². The number of aromatic nitrogens is 1. The number of allylic oxidation sites excluding steroid dienone is 1. The van der Waals surface area contributed by atoms with E-state index >= 15 is 0 Å². The molecule has 2 aromatic rings. The zero-order chi connectivity index (χ0) is 15.9. The Morgan fingerprint density at radius 1 is 1.32 bits per heavy atom. The lowest BCUT2D eigenvalue weighted by Gasteiger charge is -2.09. The summed E-state index contributed by atoms with van der Waals surface area (Å²) in [7, 11) is 0. The molecule has 0 saturated carbocycles. The lowest BCUT2D eigenvalue weighted by atomic mass is 10.1. The Labute approximate surface area is 130 Å². The molecule has 0 amide bonds. The van der Waals surface area contributed by atoms with E-state index in [2.05, 4.69) is 4.98 Å². The molecule has 0 fully saturated rings. The van der Waals surface area contributed by atoms with E-state index in [1.165, 1.54) is 12.1 Å². The molecule has 4 heteroatoms. The average Bonchev–Trinajstić information content (AvgIpc) is 2.51. The van der Waals surface area contributed by atoms with Crippen LogP contribution in [0.15, 0.2) is 48.7 Å². The predicted octanol–water partition coefficient (Wildman–Crippen LogP) is 3.72. The van der Waals surface area contributed by atoms with E-state index in [1.54, 1.807) is 36.5 Å². The van der Waals surface area contributed by atoms with E-state index in [1.807, 2.05) is 19.9 Å². The van der Waals surface area contributed by atoms with Gasteiger partial charge in [-0.25, -0.2) is 0 Å². The van der Waals surface area contributed by atoms with Gasteiger partial charge in [-0.05, 0) is 42.3 Å². The molecule has 1 heterocycles. The topological polar surface area (TPSA) is 59.4 Å². The van der Waals surface area contributed by atoms with Gasteiger partial charge in [0.25, 0.3) is 0 Å². The number of rotatable bonds is 6. The van der Waals surface area contributed by atoms with Crippen molar-refractivity contribution in [2.75, 3.05) is 6.61 Å². The van der Waals surface area contributed by atoms with Gasteiger partial charge in [0.2, 0.25) is 0 Å². The molecule has 0 bridgehead atoms. The zero-order valence-electron chi connectivity index (χ0n) is 12.7. The maximum absolute atomic E-state index is 12.1. The van der Waals surface area contributed by atoms with Gasteiger partial charge in [-0.15, -0.1) is 0 Å². The highest BCUT2D eigenvalue weighted by Gasteiger charge is 2.10. The van der Waals surface area contributed by atoms with E-state index in [0.717, 1.165) is 0 Å². The van der Waals surface area contributed by atoms with Gasteiger partial charge in [-0.3, -0.25) is 9.78 Å². The largest absolute Gasteiger partial charge is 0.507 e. The molecule has 114 valence electrons. The highest BCUT2D eigenvalue weighted by Crippen LogP contribution is 2.24. The van der Waals surface area contributed by atoms with Gasteiger partial charge in [-0.1, -0.05) is 19.9 Å². The minimum absolute atomic E-state index is 0.0862. The number of phenols is 1. The van der Waals surface area contributed by atoms with Crippen LogP contribution >= 0.6 is 0 Å². The maximum Gasteiger partial charge on any atom is 0.189 e. The average molecular weight is 297 g/mol. The molecular weight excluding hydrogens is 278 g/mol. The summed E-state index contributed by atoms with van der Waals surface area (Å²) in [5.74, 6) is 0.580. The third-order valence-corrected chi connectivity index (χ3v) is 2.91. The van der Waals surface area contributed by atoms with Gasteiger partial charge in [0.1, 0.15) is 11.5 Å². The van der Waals surface area contributed by atoms with Crippen molar-refractivity contribution >= 4 is 11.9 Å². The first-order valence-electron chi connectivity index (χ1n) is 7.15. The second-order valence-corrected chi connectivity index (χ2v) is 5.34. The summed E-state index contributed by atoms with van der Waals surface area (Å²) in [5.41, 5.74) is 0.927. The number of aromatic hydroxyl groups is 1. The first-order chi connectivity index (χ1) is 10.6. The van der Waals surface area contributed by atoms with Crippen LogP contribution in [0.5, 0.6) is 11.5 Å². The molecule has 0 atom stereocenters. The predicted molar refractivity (Wildman–Crippen MR) is 86.0 cm³/mol. The van der Waals surface area contributed by atoms with Gasteiger partial charge in [0.05, 0.1) is 17.9 Å². The molecule has 22 heavy (non-hydrogen) atoms. The van der Waals surface area contributed by atoms with Crippen LogP contribution < -0.4 is 4.74 Å². The molecule has 0 unspecified atom stereocenters. The number of hydrogen-bond donors (Lipinski definition) is 1. The summed E-state index contributed by atoms with van der Waals surface area (Å²) in [6.45, 7) is 4.65. The third-order valence-electron chi connectivity index (χ3n) is 2.91. The van der Waals surface area contributed by atoms with Crippen molar-refractivity contribution in [3.05, 3.63) is 59.9 Å². The molecule has 4 nitrogen and oxygen atoms in total. The van der Waals surface area contributed by atoms with E-state index < -0.39 is 0 Å². The third kappa shape index (κ3) is 4.45. The quantitative estimate of drug-likeness (QED) is 0.652. The van der Waals surface area contributed by atoms with Crippen molar-refractivity contribution in [2.24, 2.45) is 5.92 Å². The lowest BCUT2D eigenvalue weighted by Crippen LogP contribution is -2.04. The van der Waals surface area contributed by atoms with Crippen molar-refractivity contribution in [1.29, 1.82) is 0 Å². The number of nitrogens with zero attached hydrogens (tertiary/aromatic N) is 1. The summed E-state index contributed by atoms with van der Waals surface area (Å²) in [6, 6.07) is 10.2. The van der Waals surface area contributed by atoms with Crippen molar-refractivity contribution in [3.63, 3.8) is 0 Å². The van der Waals surface area contributed by atoms with Gasteiger partial charge >= 0.3 is 0 Å². The Morgan fingerprint density at radius 3 is 2.77 bits per heavy atom. The maximum atomic E-state index is 12.1. The fourth-order valence-corrected chi connectivity index (χ4v) is 1.80. The second-order valence-electron chi connectivity index (χ2n) is 5.34. The number of pyridine rings is 1. The van der Waals surface area contributed by atoms with Crippen LogP contribution in [-0.4, -0.2) is 22.5 Å². The Balaban J connectivity index is 2.08. The van der Waals surface area contributed by atoms with Crippen LogP contribution in [0.25, 0.3) is 6.08 Å². The fraction of sp³-hybridized carbons (Fsp3) is 0.222. The highest BCUT2D eigenvalue weighted by molar-refractivity contribution is 6.08. The summed E-state index contributed by atoms with van der Waals surface area (Å²) in [5, 5.41) is 9.97. The van der Waals surface area contributed by atoms with Gasteiger partial charge in [0, 0.05) is 12.3 Å². The van der Waals surface area contributed by atoms with E-state index in [0.29, 0.717) is 24.0 Å². The number of ether oxygens (including phenoxy) is 1. The number of benzene rings is 1. The number of ketones is 1. The summed E-state index contributed by atoms with van der Waals surface area (Å²) in [6.07, 6.45) is 4.67. The Morgan fingerprint density at radius 2 is 2.14 bits per heavy atom. The van der Waals surface area contributed by atoms with Gasteiger partial charge in [-0.2, -0.15) is 0 Å². The summed E-state index contributed by atoms with van der Waals surface area (Å²) >= 11 is 0. The van der Waals surface area contributed by atoms with Crippen LogP contribution in [0, 0.1) is 5.92 Å². The van der Waals surface area contributed by atoms with E-state index in [4.69, 9.17) is 4.74 Å². The Hall–Kier alpha value is -2.62. The van der Waals surface area contributed by atoms with Crippen LogP contribution in [0.2, 0.25) is 0 Å². The van der Waals surface area contributed by atoms with Crippen molar-refractivity contribution in [3.8, 4) is 11.5 Å². The molecule has 2 rings (SSSR count). The van der Waals surface area contributed by atoms with Gasteiger partial charge < -0.3 is 9.84 Å². The minimum Gasteiger partial charge on any atom is -0.507 e. The molecule has 1 N–H and O–H groups in total. The molecule has 0 saturated heterocycles. The van der Waals surface area contributed by atoms with Crippen molar-refractivity contribution in [2.45, 2.75) is 13.8 Å². The highest BCUT2D eigenvalue weighted by atomic mass is 16.5. The standard InChI is InChI=1S/C18H19NO3/c1-13(2)12-22-15-7-8-16(18(21)11-15)17(20)9-6-14-5-3-4-10-19-14/h3-11,13,21H,12H2,1-2H3/b9-6+. The molecule has 0 aliphatic carbocycles. The van der Waals surface area contributed by atoms with Crippen molar-refractivity contribution in [1.82, 2.24) is 4.98 Å². The monoisotopic (exact) mass is 297 g/mol. The van der Waals surface area contributed by atoms with E-state index in [9.17, 15) is 9.90 Å². The van der Waals surface area contributed by atoms with Crippen LogP contribution in [0.1, 0.15) is 29.9 Å². The number of hydrogen-bond acceptors (Lipinski definition) is 4. The smallest absolute Gasteiger partial charge is 0.189 e. The molecule has 0 aliphatic heterocycles. The number of phenolic OH excluding ortho intramolecular Hbond substituents is 1. The lowest BCUT2D eigenvalue weighted by molar-refractivity contribution is 0.104. The first-order valence-corrected chi connectivity index (χ1v) is 7.15. The molecule has 0 spiro atoms. The summed E-state index contributed by atoms with van der Waals surface area (Å²) < 4.78 is 5.51. The second kappa shape index (κ2) is 7.41. The normalized spacial score (nSPS) is 11.0. The fourth-order valence-electron chi connectivity index (χ4n) is 1.80. The van der Waals surface area contributed by atoms with Crippen LogP contribution in [-0.2, 0) is 0 Å². The molecule has 0 radical (unpaired) electrons.